The fraction of sp³-hybridized carbons (Fsp3) is 0.0417. The second-order valence-corrected chi connectivity index (χ2v) is 8.02. The highest BCUT2D eigenvalue weighted by atomic mass is 32.1. The van der Waals surface area contributed by atoms with E-state index in [2.05, 4.69) is 25.3 Å². The number of hydrogen-bond donors (Lipinski definition) is 2. The maximum atomic E-state index is 12.9. The van der Waals surface area contributed by atoms with Crippen molar-refractivity contribution in [2.24, 2.45) is 0 Å². The highest BCUT2D eigenvalue weighted by Gasteiger charge is 2.20. The van der Waals surface area contributed by atoms with Crippen molar-refractivity contribution in [2.75, 3.05) is 5.73 Å². The number of amides is 1. The van der Waals surface area contributed by atoms with Gasteiger partial charge < -0.3 is 11.1 Å². The van der Waals surface area contributed by atoms with Crippen LogP contribution < -0.4 is 11.1 Å². The molecule has 0 aliphatic carbocycles. The molecule has 0 spiro atoms. The summed E-state index contributed by atoms with van der Waals surface area (Å²) in [7, 11) is 0. The van der Waals surface area contributed by atoms with Crippen LogP contribution in [0.3, 0.4) is 0 Å². The van der Waals surface area contributed by atoms with Crippen molar-refractivity contribution < 1.29 is 4.79 Å². The van der Waals surface area contributed by atoms with Gasteiger partial charge in [0.15, 0.2) is 11.5 Å². The zero-order valence-electron chi connectivity index (χ0n) is 16.9. The predicted octanol–water partition coefficient (Wildman–Crippen LogP) is 4.33. The van der Waals surface area contributed by atoms with Gasteiger partial charge in [-0.1, -0.05) is 42.5 Å². The minimum atomic E-state index is -0.395. The van der Waals surface area contributed by atoms with Gasteiger partial charge in [0.1, 0.15) is 5.01 Å². The Morgan fingerprint density at radius 3 is 2.56 bits per heavy atom. The van der Waals surface area contributed by atoms with Crippen molar-refractivity contribution >= 4 is 34.0 Å². The molecule has 2 aromatic carbocycles. The van der Waals surface area contributed by atoms with E-state index in [0.717, 1.165) is 27.0 Å². The van der Waals surface area contributed by atoms with Gasteiger partial charge in [0.05, 0.1) is 23.4 Å². The summed E-state index contributed by atoms with van der Waals surface area (Å²) in [5.41, 5.74) is 10.0. The lowest BCUT2D eigenvalue weighted by Gasteiger charge is -2.13. The van der Waals surface area contributed by atoms with Crippen LogP contribution in [0.4, 0.5) is 5.82 Å². The molecule has 0 fully saturated rings. The molecule has 3 heterocycles. The molecule has 3 N–H and O–H groups in total. The molecule has 3 aromatic heterocycles. The maximum absolute atomic E-state index is 12.9. The lowest BCUT2D eigenvalue weighted by Crippen LogP contribution is -2.25. The van der Waals surface area contributed by atoms with Gasteiger partial charge in [0.25, 0.3) is 5.91 Å². The molecule has 0 aliphatic rings. The van der Waals surface area contributed by atoms with E-state index < -0.39 is 5.91 Å². The highest BCUT2D eigenvalue weighted by Crippen LogP contribution is 2.32. The number of benzene rings is 2. The second-order valence-electron chi connectivity index (χ2n) is 7.04. The van der Waals surface area contributed by atoms with E-state index in [1.54, 1.807) is 12.4 Å². The first-order chi connectivity index (χ1) is 15.7. The number of carbonyl (C=O) groups is 1. The number of anilines is 1. The lowest BCUT2D eigenvalue weighted by molar-refractivity contribution is 0.0946. The predicted molar refractivity (Wildman–Crippen MR) is 126 cm³/mol. The third kappa shape index (κ3) is 3.91. The Morgan fingerprint density at radius 1 is 0.906 bits per heavy atom. The summed E-state index contributed by atoms with van der Waals surface area (Å²) in [6, 6.07) is 19.4. The Bertz CT molecular complexity index is 1400. The quantitative estimate of drug-likeness (QED) is 0.423. The zero-order valence-corrected chi connectivity index (χ0v) is 17.7. The van der Waals surface area contributed by atoms with E-state index in [1.807, 2.05) is 66.0 Å². The monoisotopic (exact) mass is 438 g/mol. The molecular weight excluding hydrogens is 420 g/mol. The third-order valence-corrected chi connectivity index (χ3v) is 5.72. The molecule has 0 unspecified atom stereocenters. The van der Waals surface area contributed by atoms with E-state index in [0.29, 0.717) is 17.9 Å². The lowest BCUT2D eigenvalue weighted by atomic mass is 10.0. The number of rotatable bonds is 5. The van der Waals surface area contributed by atoms with Gasteiger partial charge in [-0.25, -0.2) is 15.0 Å². The summed E-state index contributed by atoms with van der Waals surface area (Å²) in [5, 5.41) is 6.45. The zero-order chi connectivity index (χ0) is 21.9. The summed E-state index contributed by atoms with van der Waals surface area (Å²) in [6.07, 6.45) is 3.45. The molecule has 1 amide bonds. The number of nitrogens with two attached hydrogens (primary N) is 1. The number of thiazole rings is 1. The molecule has 0 saturated heterocycles. The summed E-state index contributed by atoms with van der Waals surface area (Å²) < 4.78 is 0. The fourth-order valence-corrected chi connectivity index (χ4v) is 3.97. The van der Waals surface area contributed by atoms with Crippen LogP contribution in [0.15, 0.2) is 78.4 Å². The Labute approximate surface area is 188 Å². The van der Waals surface area contributed by atoms with Gasteiger partial charge in [0.2, 0.25) is 0 Å². The molecule has 7 nitrogen and oxygen atoms in total. The van der Waals surface area contributed by atoms with Crippen LogP contribution in [0.5, 0.6) is 0 Å². The second kappa shape index (κ2) is 8.52. The standard InChI is InChI=1S/C24H18N6OS/c25-23-22(24(31)28-14-19-27-11-12-32-19)29-21(20(30-23)15-5-2-1-3-6-15)17-8-9-18-16(13-17)7-4-10-26-18/h1-13H,14H2,(H2,25,30)(H,28,31). The number of nitrogens with zero attached hydrogens (tertiary/aromatic N) is 4. The first-order valence-electron chi connectivity index (χ1n) is 9.94. The van der Waals surface area contributed by atoms with Crippen molar-refractivity contribution in [1.82, 2.24) is 25.3 Å². The molecule has 5 aromatic rings. The van der Waals surface area contributed by atoms with Crippen molar-refractivity contribution in [3.63, 3.8) is 0 Å². The SMILES string of the molecule is Nc1nc(-c2ccccc2)c(-c2ccc3ncccc3c2)nc1C(=O)NCc1nccs1. The molecule has 0 aliphatic heterocycles. The summed E-state index contributed by atoms with van der Waals surface area (Å²) >= 11 is 1.47. The number of aromatic nitrogens is 4. The van der Waals surface area contributed by atoms with Gasteiger partial charge >= 0.3 is 0 Å². The van der Waals surface area contributed by atoms with Crippen LogP contribution in [0, 0.1) is 0 Å². The highest BCUT2D eigenvalue weighted by molar-refractivity contribution is 7.09. The topological polar surface area (TPSA) is 107 Å². The van der Waals surface area contributed by atoms with Crippen molar-refractivity contribution in [2.45, 2.75) is 6.54 Å². The average molecular weight is 439 g/mol. The van der Waals surface area contributed by atoms with Gasteiger partial charge in [-0.05, 0) is 18.2 Å². The Morgan fingerprint density at radius 2 is 1.75 bits per heavy atom. The first kappa shape index (κ1) is 19.8. The summed E-state index contributed by atoms with van der Waals surface area (Å²) in [6.45, 7) is 0.301. The summed E-state index contributed by atoms with van der Waals surface area (Å²) in [4.78, 5) is 30.7. The molecular formula is C24H18N6OS. The summed E-state index contributed by atoms with van der Waals surface area (Å²) in [5.74, 6) is -0.319. The number of nitrogen functional groups attached to an aromatic ring is 1. The number of fused-ring (bicyclic) bond motifs is 1. The van der Waals surface area contributed by atoms with Gasteiger partial charge in [-0.3, -0.25) is 9.78 Å². The number of pyridine rings is 1. The van der Waals surface area contributed by atoms with Gasteiger partial charge in [-0.2, -0.15) is 0 Å². The Hall–Kier alpha value is -4.17. The van der Waals surface area contributed by atoms with Crippen LogP contribution in [0.1, 0.15) is 15.5 Å². The molecule has 0 atom stereocenters. The number of nitrogens with one attached hydrogen (secondary N) is 1. The van der Waals surface area contributed by atoms with Crippen LogP contribution in [0.2, 0.25) is 0 Å². The Kier molecular flexibility index (Phi) is 5.27. The fourth-order valence-electron chi connectivity index (χ4n) is 3.42. The van der Waals surface area contributed by atoms with Gasteiger partial charge in [-0.15, -0.1) is 11.3 Å². The number of carbonyl (C=O) groups excluding carboxylic acids is 1. The number of hydrogen-bond acceptors (Lipinski definition) is 7. The maximum Gasteiger partial charge on any atom is 0.274 e. The van der Waals surface area contributed by atoms with Crippen LogP contribution >= 0.6 is 11.3 Å². The molecule has 0 bridgehead atoms. The van der Waals surface area contributed by atoms with E-state index in [9.17, 15) is 4.79 Å². The Balaban J connectivity index is 1.61. The normalized spacial score (nSPS) is 10.9. The van der Waals surface area contributed by atoms with Crippen LogP contribution in [-0.4, -0.2) is 25.8 Å². The molecule has 0 radical (unpaired) electrons. The largest absolute Gasteiger partial charge is 0.382 e. The molecule has 156 valence electrons. The third-order valence-electron chi connectivity index (χ3n) is 4.95. The smallest absolute Gasteiger partial charge is 0.274 e. The molecule has 5 rings (SSSR count). The average Bonchev–Trinajstić information content (AvgIpc) is 3.36. The van der Waals surface area contributed by atoms with Crippen LogP contribution in [0.25, 0.3) is 33.4 Å². The van der Waals surface area contributed by atoms with Gasteiger partial charge in [0, 0.05) is 34.3 Å². The van der Waals surface area contributed by atoms with E-state index in [-0.39, 0.29) is 11.5 Å². The van der Waals surface area contributed by atoms with Crippen LogP contribution in [-0.2, 0) is 6.54 Å². The van der Waals surface area contributed by atoms with Crippen molar-refractivity contribution in [1.29, 1.82) is 0 Å². The van der Waals surface area contributed by atoms with E-state index in [1.165, 1.54) is 11.3 Å². The molecule has 0 saturated carbocycles. The molecule has 8 heteroatoms. The minimum absolute atomic E-state index is 0.0756. The van der Waals surface area contributed by atoms with Crippen molar-refractivity contribution in [3.05, 3.63) is 89.1 Å². The van der Waals surface area contributed by atoms with E-state index in [4.69, 9.17) is 5.73 Å². The molecule has 32 heavy (non-hydrogen) atoms. The first-order valence-corrected chi connectivity index (χ1v) is 10.8. The van der Waals surface area contributed by atoms with Crippen molar-refractivity contribution in [3.8, 4) is 22.5 Å². The minimum Gasteiger partial charge on any atom is -0.382 e. The van der Waals surface area contributed by atoms with E-state index >= 15 is 0 Å².